The zero-order valence-corrected chi connectivity index (χ0v) is 16.8. The molecule has 14 nitrogen and oxygen atoms in total. The summed E-state index contributed by atoms with van der Waals surface area (Å²) in [4.78, 5) is 0. The Morgan fingerprint density at radius 3 is 1.87 bits per heavy atom. The molecule has 182 valence electrons. The molecule has 0 aromatic rings. The zero-order chi connectivity index (χ0) is 23.0. The summed E-state index contributed by atoms with van der Waals surface area (Å²) >= 11 is 0. The van der Waals surface area contributed by atoms with Gasteiger partial charge in [0.25, 0.3) is 0 Å². The molecule has 31 heavy (non-hydrogen) atoms. The van der Waals surface area contributed by atoms with E-state index in [-0.39, 0.29) is 13.0 Å². The Bertz CT molecular complexity index is 591. The number of aliphatic hydroxyl groups is 6. The molecule has 3 rings (SSSR count). The number of hydrogen-bond donors (Lipinski definition) is 10. The Labute approximate surface area is 178 Å². The summed E-state index contributed by atoms with van der Waals surface area (Å²) in [5.41, 5.74) is 23.6. The molecule has 0 bridgehead atoms. The molecule has 0 amide bonds. The van der Waals surface area contributed by atoms with Gasteiger partial charge in [-0.25, -0.2) is 0 Å². The van der Waals surface area contributed by atoms with Crippen LogP contribution in [0.25, 0.3) is 0 Å². The third-order valence-electron chi connectivity index (χ3n) is 6.13. The zero-order valence-electron chi connectivity index (χ0n) is 16.8. The number of rotatable bonds is 6. The van der Waals surface area contributed by atoms with E-state index in [9.17, 15) is 30.6 Å². The van der Waals surface area contributed by atoms with Crippen molar-refractivity contribution in [1.82, 2.24) is 0 Å². The third-order valence-corrected chi connectivity index (χ3v) is 6.13. The standard InChI is InChI=1S/C17H34N4O10/c18-2-6-10(24)12(26)8(21)16(28-6)30-14-5(20)1-4(19)9(23)15(14)31-17-13(27)11(25)7(3-22)29-17/h4-17,22-27H,1-3,18-21H2/t4-,5+,6-,7-,8-,9+,10-,11-,12-,13-,14-,15?,16-,17+/m1/s1. The Morgan fingerprint density at radius 2 is 1.29 bits per heavy atom. The van der Waals surface area contributed by atoms with Gasteiger partial charge in [-0.1, -0.05) is 0 Å². The molecule has 1 saturated carbocycles. The van der Waals surface area contributed by atoms with Crippen LogP contribution >= 0.6 is 0 Å². The molecule has 0 radical (unpaired) electrons. The van der Waals surface area contributed by atoms with Crippen molar-refractivity contribution in [3.63, 3.8) is 0 Å². The van der Waals surface area contributed by atoms with Crippen LogP contribution in [0, 0.1) is 0 Å². The molecular weight excluding hydrogens is 420 g/mol. The first-order valence-corrected chi connectivity index (χ1v) is 10.2. The predicted octanol–water partition coefficient (Wildman–Crippen LogP) is -6.65. The fourth-order valence-corrected chi connectivity index (χ4v) is 4.16. The lowest BCUT2D eigenvalue weighted by molar-refractivity contribution is -0.306. The summed E-state index contributed by atoms with van der Waals surface area (Å²) in [5, 5.41) is 60.2. The average molecular weight is 454 g/mol. The van der Waals surface area contributed by atoms with Gasteiger partial charge in [0.05, 0.1) is 18.8 Å². The van der Waals surface area contributed by atoms with Crippen LogP contribution < -0.4 is 22.9 Å². The average Bonchev–Trinajstić information content (AvgIpc) is 3.02. The van der Waals surface area contributed by atoms with Crippen LogP contribution in [0.5, 0.6) is 0 Å². The van der Waals surface area contributed by atoms with Gasteiger partial charge in [0, 0.05) is 18.6 Å². The van der Waals surface area contributed by atoms with Crippen molar-refractivity contribution in [2.24, 2.45) is 22.9 Å². The van der Waals surface area contributed by atoms with Gasteiger partial charge in [-0.3, -0.25) is 0 Å². The Hall–Kier alpha value is -0.560. The molecule has 0 aromatic carbocycles. The van der Waals surface area contributed by atoms with E-state index in [1.165, 1.54) is 0 Å². The summed E-state index contributed by atoms with van der Waals surface area (Å²) in [6.07, 6.45) is -13.8. The van der Waals surface area contributed by atoms with Gasteiger partial charge in [-0.05, 0) is 6.42 Å². The van der Waals surface area contributed by atoms with Crippen molar-refractivity contribution in [2.45, 2.75) is 92.1 Å². The van der Waals surface area contributed by atoms with E-state index in [4.69, 9.17) is 41.9 Å². The van der Waals surface area contributed by atoms with Gasteiger partial charge in [0.1, 0.15) is 48.8 Å². The second-order valence-corrected chi connectivity index (χ2v) is 8.30. The normalized spacial score (nSPS) is 53.6. The van der Waals surface area contributed by atoms with Crippen LogP contribution in [0.4, 0.5) is 0 Å². The molecule has 1 unspecified atom stereocenters. The number of ether oxygens (including phenoxy) is 4. The van der Waals surface area contributed by atoms with E-state index in [2.05, 4.69) is 0 Å². The highest BCUT2D eigenvalue weighted by molar-refractivity contribution is 5.01. The topological polar surface area (TPSA) is 262 Å². The fraction of sp³-hybridized carbons (Fsp3) is 1.00. The molecular formula is C17H34N4O10. The summed E-state index contributed by atoms with van der Waals surface area (Å²) in [7, 11) is 0. The molecule has 2 heterocycles. The van der Waals surface area contributed by atoms with Crippen molar-refractivity contribution >= 4 is 0 Å². The van der Waals surface area contributed by atoms with Crippen LogP contribution in [0.2, 0.25) is 0 Å². The van der Waals surface area contributed by atoms with Crippen LogP contribution in [0.3, 0.4) is 0 Å². The van der Waals surface area contributed by atoms with Crippen LogP contribution in [-0.2, 0) is 18.9 Å². The highest BCUT2D eigenvalue weighted by atomic mass is 16.7. The van der Waals surface area contributed by atoms with Crippen molar-refractivity contribution in [2.75, 3.05) is 13.2 Å². The molecule has 14 N–H and O–H groups in total. The first kappa shape index (κ1) is 25.1. The molecule has 14 atom stereocenters. The lowest BCUT2D eigenvalue weighted by Gasteiger charge is -2.47. The van der Waals surface area contributed by atoms with Crippen molar-refractivity contribution < 1.29 is 49.6 Å². The lowest BCUT2D eigenvalue weighted by Crippen LogP contribution is -2.68. The lowest BCUT2D eigenvalue weighted by atomic mass is 9.84. The van der Waals surface area contributed by atoms with E-state index in [0.29, 0.717) is 0 Å². The second-order valence-electron chi connectivity index (χ2n) is 8.30. The van der Waals surface area contributed by atoms with Crippen molar-refractivity contribution in [1.29, 1.82) is 0 Å². The van der Waals surface area contributed by atoms with Gasteiger partial charge in [0.15, 0.2) is 12.6 Å². The monoisotopic (exact) mass is 454 g/mol. The summed E-state index contributed by atoms with van der Waals surface area (Å²) < 4.78 is 22.5. The summed E-state index contributed by atoms with van der Waals surface area (Å²) in [6, 6.07) is -2.72. The van der Waals surface area contributed by atoms with Crippen LogP contribution in [0.15, 0.2) is 0 Å². The molecule has 0 aromatic heterocycles. The van der Waals surface area contributed by atoms with E-state index in [1.54, 1.807) is 0 Å². The van der Waals surface area contributed by atoms with Crippen molar-refractivity contribution in [3.8, 4) is 0 Å². The highest BCUT2D eigenvalue weighted by Crippen LogP contribution is 2.31. The van der Waals surface area contributed by atoms with Crippen LogP contribution in [0.1, 0.15) is 6.42 Å². The van der Waals surface area contributed by atoms with E-state index in [0.717, 1.165) is 0 Å². The SMILES string of the molecule is NC[C@H]1O[C@H](O[C@H]2C(O[C@@H]3O[C@H](CO)[C@@H](O)[C@H]3O)[C@@H](O)[C@H](N)C[C@@H]2N)[C@H](N)[C@@H](O)[C@@H]1O. The summed E-state index contributed by atoms with van der Waals surface area (Å²) in [5.74, 6) is 0. The maximum atomic E-state index is 10.6. The van der Waals surface area contributed by atoms with E-state index >= 15 is 0 Å². The minimum Gasteiger partial charge on any atom is -0.394 e. The van der Waals surface area contributed by atoms with Gasteiger partial charge in [-0.2, -0.15) is 0 Å². The van der Waals surface area contributed by atoms with Gasteiger partial charge in [-0.15, -0.1) is 0 Å². The number of nitrogens with two attached hydrogens (primary N) is 4. The smallest absolute Gasteiger partial charge is 0.187 e. The number of aliphatic hydroxyl groups excluding tert-OH is 6. The molecule has 2 saturated heterocycles. The maximum absolute atomic E-state index is 10.6. The Kier molecular flexibility index (Phi) is 8.21. The first-order chi connectivity index (χ1) is 14.6. The third kappa shape index (κ3) is 4.87. The predicted molar refractivity (Wildman–Crippen MR) is 102 cm³/mol. The molecule has 0 spiro atoms. The van der Waals surface area contributed by atoms with Crippen LogP contribution in [-0.4, -0.2) is 129 Å². The molecule has 14 heteroatoms. The molecule has 1 aliphatic carbocycles. The fourth-order valence-electron chi connectivity index (χ4n) is 4.16. The Balaban J connectivity index is 1.78. The minimum atomic E-state index is -1.51. The van der Waals surface area contributed by atoms with Gasteiger partial charge < -0.3 is 72.5 Å². The van der Waals surface area contributed by atoms with E-state index in [1.807, 2.05) is 0 Å². The highest BCUT2D eigenvalue weighted by Gasteiger charge is 2.52. The van der Waals surface area contributed by atoms with E-state index < -0.39 is 92.2 Å². The van der Waals surface area contributed by atoms with Gasteiger partial charge >= 0.3 is 0 Å². The number of hydrogen-bond acceptors (Lipinski definition) is 14. The summed E-state index contributed by atoms with van der Waals surface area (Å²) in [6.45, 7) is -0.673. The molecule has 3 fully saturated rings. The quantitative estimate of drug-likeness (QED) is 0.179. The molecule has 3 aliphatic rings. The second kappa shape index (κ2) is 10.1. The Morgan fingerprint density at radius 1 is 0.710 bits per heavy atom. The molecule has 2 aliphatic heterocycles. The van der Waals surface area contributed by atoms with Crippen molar-refractivity contribution in [3.05, 3.63) is 0 Å². The first-order valence-electron chi connectivity index (χ1n) is 10.2. The minimum absolute atomic E-state index is 0.114. The maximum Gasteiger partial charge on any atom is 0.187 e. The van der Waals surface area contributed by atoms with Gasteiger partial charge in [0.2, 0.25) is 0 Å². The largest absolute Gasteiger partial charge is 0.394 e.